The van der Waals surface area contributed by atoms with E-state index in [-0.39, 0.29) is 24.1 Å². The second-order valence-electron chi connectivity index (χ2n) is 8.72. The lowest BCUT2D eigenvalue weighted by molar-refractivity contribution is 0.0952. The Balaban J connectivity index is 1.74. The lowest BCUT2D eigenvalue weighted by atomic mass is 9.99. The number of carbonyl (C=O) groups is 1. The van der Waals surface area contributed by atoms with Gasteiger partial charge >= 0.3 is 0 Å². The van der Waals surface area contributed by atoms with Crippen LogP contribution in [-0.4, -0.2) is 20.7 Å². The molecule has 0 spiro atoms. The van der Waals surface area contributed by atoms with Crippen molar-refractivity contribution >= 4 is 16.8 Å². The molecule has 2 aromatic heterocycles. The van der Waals surface area contributed by atoms with Gasteiger partial charge in [-0.1, -0.05) is 43.7 Å². The van der Waals surface area contributed by atoms with Gasteiger partial charge in [-0.2, -0.15) is 5.10 Å². The van der Waals surface area contributed by atoms with Crippen molar-refractivity contribution in [2.45, 2.75) is 53.1 Å². The van der Waals surface area contributed by atoms with E-state index in [1.807, 2.05) is 54.1 Å². The van der Waals surface area contributed by atoms with Crippen LogP contribution in [0.5, 0.6) is 0 Å². The maximum atomic E-state index is 13.4. The van der Waals surface area contributed by atoms with Crippen LogP contribution in [0.25, 0.3) is 22.0 Å². The first-order valence-electron chi connectivity index (χ1n) is 11.5. The maximum Gasteiger partial charge on any atom is 0.253 e. The Morgan fingerprint density at radius 3 is 2.58 bits per heavy atom. The largest absolute Gasteiger partial charge is 0.348 e. The fourth-order valence-corrected chi connectivity index (χ4v) is 4.28. The molecule has 0 saturated heterocycles. The van der Waals surface area contributed by atoms with Gasteiger partial charge in [-0.05, 0) is 62.1 Å². The summed E-state index contributed by atoms with van der Waals surface area (Å²) in [7, 11) is 0. The minimum atomic E-state index is -0.219. The molecule has 0 unspecified atom stereocenters. The van der Waals surface area contributed by atoms with Gasteiger partial charge in [0.25, 0.3) is 11.5 Å². The third kappa shape index (κ3) is 4.60. The Kier molecular flexibility index (Phi) is 6.45. The van der Waals surface area contributed by atoms with E-state index in [1.165, 1.54) is 0 Å². The van der Waals surface area contributed by atoms with Gasteiger partial charge in [-0.15, -0.1) is 0 Å². The van der Waals surface area contributed by atoms with Crippen LogP contribution >= 0.6 is 0 Å². The number of nitrogens with one attached hydrogen (secondary N) is 2. The van der Waals surface area contributed by atoms with Crippen LogP contribution < -0.4 is 10.9 Å². The second-order valence-corrected chi connectivity index (χ2v) is 8.72. The molecule has 0 aliphatic heterocycles. The van der Waals surface area contributed by atoms with E-state index in [4.69, 9.17) is 0 Å². The average molecular weight is 443 g/mol. The summed E-state index contributed by atoms with van der Waals surface area (Å²) in [6, 6.07) is 16.1. The highest BCUT2D eigenvalue weighted by Crippen LogP contribution is 2.29. The molecule has 1 amide bonds. The zero-order valence-electron chi connectivity index (χ0n) is 19.6. The smallest absolute Gasteiger partial charge is 0.253 e. The van der Waals surface area contributed by atoms with Gasteiger partial charge < -0.3 is 10.3 Å². The molecular weight excluding hydrogens is 412 g/mol. The fourth-order valence-electron chi connectivity index (χ4n) is 4.28. The average Bonchev–Trinajstić information content (AvgIpc) is 3.23. The summed E-state index contributed by atoms with van der Waals surface area (Å²) in [4.78, 5) is 28.8. The highest BCUT2D eigenvalue weighted by Gasteiger charge is 2.18. The van der Waals surface area contributed by atoms with Gasteiger partial charge in [-0.25, -0.2) is 0 Å². The lowest BCUT2D eigenvalue weighted by Crippen LogP contribution is -2.28. The Hall–Kier alpha value is -3.67. The normalized spacial score (nSPS) is 11.3. The predicted octanol–water partition coefficient (Wildman–Crippen LogP) is 5.16. The number of nitrogens with zero attached hydrogens (tertiary/aromatic N) is 2. The van der Waals surface area contributed by atoms with Gasteiger partial charge in [-0.3, -0.25) is 14.3 Å². The van der Waals surface area contributed by atoms with Crippen molar-refractivity contribution in [2.24, 2.45) is 0 Å². The van der Waals surface area contributed by atoms with Crippen LogP contribution in [0.2, 0.25) is 0 Å². The molecule has 0 aliphatic carbocycles. The Labute approximate surface area is 193 Å². The van der Waals surface area contributed by atoms with E-state index in [2.05, 4.69) is 42.2 Å². The standard InChI is InChI=1S/C27H30N4O2/c1-5-9-20-12-18(4)30-27(33)23(20)15-28-26(32)22-13-21(19-10-7-6-8-11-19)14-25-24(22)16-29-31(25)17(2)3/h6-8,10-14,16-17H,5,9,15H2,1-4H3,(H,28,32)(H,30,33). The third-order valence-corrected chi connectivity index (χ3v) is 5.87. The molecule has 0 atom stereocenters. The van der Waals surface area contributed by atoms with Gasteiger partial charge in [0, 0.05) is 29.2 Å². The highest BCUT2D eigenvalue weighted by atomic mass is 16.1. The summed E-state index contributed by atoms with van der Waals surface area (Å²) in [6.45, 7) is 8.28. The van der Waals surface area contributed by atoms with Crippen LogP contribution in [0.3, 0.4) is 0 Å². The van der Waals surface area contributed by atoms with Crippen LogP contribution in [0, 0.1) is 6.92 Å². The number of amides is 1. The maximum absolute atomic E-state index is 13.4. The Morgan fingerprint density at radius 1 is 1.12 bits per heavy atom. The van der Waals surface area contributed by atoms with E-state index in [1.54, 1.807) is 6.20 Å². The number of pyridine rings is 1. The van der Waals surface area contributed by atoms with Crippen LogP contribution in [0.15, 0.2) is 59.5 Å². The second kappa shape index (κ2) is 9.45. The van der Waals surface area contributed by atoms with Crippen molar-refractivity contribution in [1.29, 1.82) is 0 Å². The molecule has 0 saturated carbocycles. The number of aromatic amines is 1. The molecule has 4 rings (SSSR count). The first-order chi connectivity index (χ1) is 15.9. The molecule has 0 radical (unpaired) electrons. The molecular formula is C27H30N4O2. The number of fused-ring (bicyclic) bond motifs is 1. The molecule has 2 heterocycles. The Morgan fingerprint density at radius 2 is 1.88 bits per heavy atom. The molecule has 0 bridgehead atoms. The summed E-state index contributed by atoms with van der Waals surface area (Å²) >= 11 is 0. The Bertz CT molecular complexity index is 1350. The number of aromatic nitrogens is 3. The zero-order valence-corrected chi connectivity index (χ0v) is 19.6. The number of hydrogen-bond acceptors (Lipinski definition) is 3. The van der Waals surface area contributed by atoms with Crippen molar-refractivity contribution in [3.05, 3.63) is 87.5 Å². The summed E-state index contributed by atoms with van der Waals surface area (Å²) in [5.74, 6) is -0.219. The number of benzene rings is 2. The van der Waals surface area contributed by atoms with Crippen molar-refractivity contribution in [2.75, 3.05) is 0 Å². The van der Waals surface area contributed by atoms with Gasteiger partial charge in [0.2, 0.25) is 0 Å². The molecule has 4 aromatic rings. The number of carbonyl (C=O) groups excluding carboxylic acids is 1. The van der Waals surface area contributed by atoms with Crippen molar-refractivity contribution in [3.63, 3.8) is 0 Å². The minimum Gasteiger partial charge on any atom is -0.348 e. The number of rotatable bonds is 7. The summed E-state index contributed by atoms with van der Waals surface area (Å²) < 4.78 is 1.93. The van der Waals surface area contributed by atoms with E-state index >= 15 is 0 Å². The molecule has 6 nitrogen and oxygen atoms in total. The SMILES string of the molecule is CCCc1cc(C)[nH]c(=O)c1CNC(=O)c1cc(-c2ccccc2)cc2c1cnn2C(C)C. The molecule has 0 aliphatic rings. The topological polar surface area (TPSA) is 79.8 Å². The van der Waals surface area contributed by atoms with E-state index in [0.29, 0.717) is 11.1 Å². The van der Waals surface area contributed by atoms with Crippen LogP contribution in [0.4, 0.5) is 0 Å². The van der Waals surface area contributed by atoms with Crippen molar-refractivity contribution in [1.82, 2.24) is 20.1 Å². The predicted molar refractivity (Wildman–Crippen MR) is 133 cm³/mol. The van der Waals surface area contributed by atoms with Crippen LogP contribution in [-0.2, 0) is 13.0 Å². The molecule has 2 aromatic carbocycles. The first kappa shape index (κ1) is 22.5. The number of hydrogen-bond donors (Lipinski definition) is 2. The zero-order chi connectivity index (χ0) is 23.5. The van der Waals surface area contributed by atoms with E-state index in [0.717, 1.165) is 46.1 Å². The molecule has 2 N–H and O–H groups in total. The minimum absolute atomic E-state index is 0.144. The molecule has 33 heavy (non-hydrogen) atoms. The summed E-state index contributed by atoms with van der Waals surface area (Å²) in [5.41, 5.74) is 5.74. The summed E-state index contributed by atoms with van der Waals surface area (Å²) in [6.07, 6.45) is 3.48. The summed E-state index contributed by atoms with van der Waals surface area (Å²) in [5, 5.41) is 8.32. The van der Waals surface area contributed by atoms with Crippen LogP contribution in [0.1, 0.15) is 60.4 Å². The number of H-pyrrole nitrogens is 1. The van der Waals surface area contributed by atoms with Crippen molar-refractivity contribution < 1.29 is 4.79 Å². The first-order valence-corrected chi connectivity index (χ1v) is 11.5. The van der Waals surface area contributed by atoms with E-state index in [9.17, 15) is 9.59 Å². The number of aryl methyl sites for hydroxylation is 2. The lowest BCUT2D eigenvalue weighted by Gasteiger charge is -2.13. The fraction of sp³-hybridized carbons (Fsp3) is 0.296. The molecule has 0 fully saturated rings. The third-order valence-electron chi connectivity index (χ3n) is 5.87. The molecule has 170 valence electrons. The van der Waals surface area contributed by atoms with Gasteiger partial charge in [0.1, 0.15) is 0 Å². The molecule has 6 heteroatoms. The quantitative estimate of drug-likeness (QED) is 0.415. The van der Waals surface area contributed by atoms with Gasteiger partial charge in [0.15, 0.2) is 0 Å². The monoisotopic (exact) mass is 442 g/mol. The van der Waals surface area contributed by atoms with Gasteiger partial charge in [0.05, 0.1) is 17.3 Å². The van der Waals surface area contributed by atoms with E-state index < -0.39 is 0 Å². The van der Waals surface area contributed by atoms with Crippen molar-refractivity contribution in [3.8, 4) is 11.1 Å². The highest BCUT2D eigenvalue weighted by molar-refractivity contribution is 6.08.